The first-order chi connectivity index (χ1) is 8.63. The molecule has 1 aliphatic heterocycles. The van der Waals surface area contributed by atoms with Gasteiger partial charge >= 0.3 is 0 Å². The zero-order chi connectivity index (χ0) is 13.1. The Bertz CT molecular complexity index is 430. The molecule has 0 radical (unpaired) electrons. The number of benzene rings is 1. The minimum atomic E-state index is -0.428. The lowest BCUT2D eigenvalue weighted by Crippen LogP contribution is -2.44. The first-order valence-corrected chi connectivity index (χ1v) is 7.12. The van der Waals surface area contributed by atoms with E-state index >= 15 is 0 Å². The third kappa shape index (κ3) is 3.79. The summed E-state index contributed by atoms with van der Waals surface area (Å²) < 4.78 is 14.4. The molecular formula is C13H17ClFIN2O. The molecule has 1 amide bonds. The molecule has 0 saturated carbocycles. The molecule has 0 bridgehead atoms. The molecule has 6 heteroatoms. The zero-order valence-electron chi connectivity index (χ0n) is 10.7. The van der Waals surface area contributed by atoms with Gasteiger partial charge in [0.15, 0.2) is 0 Å². The van der Waals surface area contributed by atoms with Gasteiger partial charge in [0, 0.05) is 22.7 Å². The Morgan fingerprint density at radius 2 is 2.05 bits per heavy atom. The molecular weight excluding hydrogens is 382 g/mol. The van der Waals surface area contributed by atoms with Crippen LogP contribution in [0.4, 0.5) is 4.39 Å². The van der Waals surface area contributed by atoms with Gasteiger partial charge in [-0.15, -0.1) is 12.4 Å². The highest BCUT2D eigenvalue weighted by atomic mass is 127. The largest absolute Gasteiger partial charge is 0.338 e. The second-order valence-electron chi connectivity index (χ2n) is 4.45. The van der Waals surface area contributed by atoms with Gasteiger partial charge < -0.3 is 10.2 Å². The fourth-order valence-corrected chi connectivity index (χ4v) is 2.93. The van der Waals surface area contributed by atoms with Gasteiger partial charge in [-0.05, 0) is 54.6 Å². The van der Waals surface area contributed by atoms with E-state index in [4.69, 9.17) is 0 Å². The van der Waals surface area contributed by atoms with Crippen molar-refractivity contribution in [1.82, 2.24) is 10.2 Å². The summed E-state index contributed by atoms with van der Waals surface area (Å²) in [5.74, 6) is -0.616. The summed E-state index contributed by atoms with van der Waals surface area (Å²) in [6, 6.07) is 5.20. The van der Waals surface area contributed by atoms with E-state index in [1.165, 1.54) is 6.07 Å². The molecule has 106 valence electrons. The average Bonchev–Trinajstić information content (AvgIpc) is 2.38. The maximum absolute atomic E-state index is 13.7. The van der Waals surface area contributed by atoms with Crippen LogP contribution < -0.4 is 5.32 Å². The van der Waals surface area contributed by atoms with E-state index < -0.39 is 5.82 Å². The Morgan fingerprint density at radius 1 is 1.42 bits per heavy atom. The lowest BCUT2D eigenvalue weighted by Gasteiger charge is -2.32. The van der Waals surface area contributed by atoms with E-state index in [1.54, 1.807) is 17.0 Å². The van der Waals surface area contributed by atoms with Crippen molar-refractivity contribution in [2.75, 3.05) is 20.1 Å². The molecule has 1 aliphatic rings. The number of carbonyl (C=O) groups excluding carboxylic acids is 1. The fourth-order valence-electron chi connectivity index (χ4n) is 2.23. The normalized spacial score (nSPS) is 16.1. The Labute approximate surface area is 132 Å². The quantitative estimate of drug-likeness (QED) is 0.777. The standard InChI is InChI=1S/C13H16FIN2O.ClH/c1-16-9-5-7-17(8-6-9)13(18)12-10(14)3-2-4-11(12)15;/h2-4,9,16H,5-8H2,1H3;1H. The van der Waals surface area contributed by atoms with Crippen molar-refractivity contribution in [2.45, 2.75) is 18.9 Å². The average molecular weight is 399 g/mol. The number of nitrogens with one attached hydrogen (secondary N) is 1. The van der Waals surface area contributed by atoms with Crippen LogP contribution >= 0.6 is 35.0 Å². The number of carbonyl (C=O) groups is 1. The lowest BCUT2D eigenvalue weighted by atomic mass is 10.0. The summed E-state index contributed by atoms with van der Waals surface area (Å²) in [7, 11) is 1.93. The second kappa shape index (κ2) is 7.40. The Hall–Kier alpha value is -0.400. The minimum Gasteiger partial charge on any atom is -0.338 e. The van der Waals surface area contributed by atoms with Crippen LogP contribution in [0.15, 0.2) is 18.2 Å². The number of hydrogen-bond donors (Lipinski definition) is 1. The Balaban J connectivity index is 0.00000180. The molecule has 0 spiro atoms. The monoisotopic (exact) mass is 398 g/mol. The predicted octanol–water partition coefficient (Wildman–Crippen LogP) is 2.68. The molecule has 3 nitrogen and oxygen atoms in total. The SMILES string of the molecule is CNC1CCN(C(=O)c2c(F)cccc2I)CC1.Cl. The van der Waals surface area contributed by atoms with Crippen molar-refractivity contribution < 1.29 is 9.18 Å². The maximum atomic E-state index is 13.7. The highest BCUT2D eigenvalue weighted by molar-refractivity contribution is 14.1. The number of nitrogens with zero attached hydrogens (tertiary/aromatic N) is 1. The minimum absolute atomic E-state index is 0. The van der Waals surface area contributed by atoms with E-state index in [-0.39, 0.29) is 23.9 Å². The van der Waals surface area contributed by atoms with Gasteiger partial charge in [0.25, 0.3) is 5.91 Å². The van der Waals surface area contributed by atoms with Gasteiger partial charge in [0.05, 0.1) is 5.56 Å². The van der Waals surface area contributed by atoms with Crippen LogP contribution in [-0.2, 0) is 0 Å². The van der Waals surface area contributed by atoms with Gasteiger partial charge in [0.1, 0.15) is 5.82 Å². The van der Waals surface area contributed by atoms with Crippen LogP contribution in [-0.4, -0.2) is 37.0 Å². The van der Waals surface area contributed by atoms with Crippen LogP contribution in [0, 0.1) is 9.39 Å². The van der Waals surface area contributed by atoms with Crippen LogP contribution in [0.3, 0.4) is 0 Å². The number of rotatable bonds is 2. The molecule has 1 N–H and O–H groups in total. The Kier molecular flexibility index (Phi) is 6.49. The third-order valence-electron chi connectivity index (χ3n) is 3.37. The molecule has 0 unspecified atom stereocenters. The van der Waals surface area contributed by atoms with Gasteiger partial charge in [-0.25, -0.2) is 4.39 Å². The van der Waals surface area contributed by atoms with Crippen LogP contribution in [0.25, 0.3) is 0 Å². The van der Waals surface area contributed by atoms with Crippen molar-refractivity contribution in [1.29, 1.82) is 0 Å². The molecule has 1 heterocycles. The molecule has 1 fully saturated rings. The van der Waals surface area contributed by atoms with Gasteiger partial charge in [0.2, 0.25) is 0 Å². The van der Waals surface area contributed by atoms with Crippen molar-refractivity contribution in [3.8, 4) is 0 Å². The highest BCUT2D eigenvalue weighted by Crippen LogP contribution is 2.20. The van der Waals surface area contributed by atoms with Crippen molar-refractivity contribution in [2.24, 2.45) is 0 Å². The first-order valence-electron chi connectivity index (χ1n) is 6.04. The molecule has 0 atom stereocenters. The summed E-state index contributed by atoms with van der Waals surface area (Å²) in [5, 5.41) is 3.21. The predicted molar refractivity (Wildman–Crippen MR) is 84.4 cm³/mol. The number of hydrogen-bond acceptors (Lipinski definition) is 2. The van der Waals surface area contributed by atoms with Gasteiger partial charge in [-0.3, -0.25) is 4.79 Å². The summed E-state index contributed by atoms with van der Waals surface area (Å²) in [5.41, 5.74) is 0.209. The van der Waals surface area contributed by atoms with E-state index in [1.807, 2.05) is 29.6 Å². The molecule has 2 rings (SSSR count). The number of piperidine rings is 1. The van der Waals surface area contributed by atoms with E-state index in [0.29, 0.717) is 22.7 Å². The van der Waals surface area contributed by atoms with Crippen LogP contribution in [0.1, 0.15) is 23.2 Å². The Morgan fingerprint density at radius 3 is 2.58 bits per heavy atom. The summed E-state index contributed by atoms with van der Waals surface area (Å²) >= 11 is 2.01. The van der Waals surface area contributed by atoms with Crippen molar-refractivity contribution >= 4 is 40.9 Å². The first kappa shape index (κ1) is 16.7. The maximum Gasteiger partial charge on any atom is 0.257 e. The fraction of sp³-hybridized carbons (Fsp3) is 0.462. The van der Waals surface area contributed by atoms with E-state index in [2.05, 4.69) is 5.32 Å². The van der Waals surface area contributed by atoms with Gasteiger partial charge in [-0.1, -0.05) is 6.07 Å². The topological polar surface area (TPSA) is 32.3 Å². The second-order valence-corrected chi connectivity index (χ2v) is 5.61. The van der Waals surface area contributed by atoms with E-state index in [0.717, 1.165) is 12.8 Å². The number of likely N-dealkylation sites (tertiary alicyclic amines) is 1. The van der Waals surface area contributed by atoms with Gasteiger partial charge in [-0.2, -0.15) is 0 Å². The molecule has 1 aromatic rings. The number of amides is 1. The van der Waals surface area contributed by atoms with Crippen molar-refractivity contribution in [3.63, 3.8) is 0 Å². The lowest BCUT2D eigenvalue weighted by molar-refractivity contribution is 0.0701. The highest BCUT2D eigenvalue weighted by Gasteiger charge is 2.25. The summed E-state index contributed by atoms with van der Waals surface area (Å²) in [6.45, 7) is 1.38. The molecule has 1 aromatic carbocycles. The molecule has 0 aliphatic carbocycles. The molecule has 19 heavy (non-hydrogen) atoms. The molecule has 0 aromatic heterocycles. The van der Waals surface area contributed by atoms with E-state index in [9.17, 15) is 9.18 Å². The molecule has 1 saturated heterocycles. The smallest absolute Gasteiger partial charge is 0.257 e. The summed E-state index contributed by atoms with van der Waals surface area (Å²) in [4.78, 5) is 14.0. The van der Waals surface area contributed by atoms with Crippen molar-refractivity contribution in [3.05, 3.63) is 33.1 Å². The third-order valence-corrected chi connectivity index (χ3v) is 4.27. The van der Waals surface area contributed by atoms with Crippen LogP contribution in [0.5, 0.6) is 0 Å². The zero-order valence-corrected chi connectivity index (χ0v) is 13.6. The van der Waals surface area contributed by atoms with Crippen LogP contribution in [0.2, 0.25) is 0 Å². The summed E-state index contributed by atoms with van der Waals surface area (Å²) in [6.07, 6.45) is 1.85. The number of halogens is 3.